The lowest BCUT2D eigenvalue weighted by atomic mass is 10.0. The van der Waals surface area contributed by atoms with E-state index in [0.29, 0.717) is 6.61 Å². The van der Waals surface area contributed by atoms with E-state index in [1.165, 1.54) is 43.7 Å². The Morgan fingerprint density at radius 3 is 1.68 bits per heavy atom. The zero-order valence-electron chi connectivity index (χ0n) is 21.8. The second kappa shape index (κ2) is 10.8. The Balaban J connectivity index is 1.49. The fourth-order valence-corrected chi connectivity index (χ4v) is 9.84. The molecular formula is C36H32OP+. The van der Waals surface area contributed by atoms with E-state index in [4.69, 9.17) is 4.74 Å². The number of benzene rings is 5. The minimum atomic E-state index is -1.95. The van der Waals surface area contributed by atoms with Crippen LogP contribution in [0.1, 0.15) is 17.5 Å². The quantitative estimate of drug-likeness (QED) is 0.211. The lowest BCUT2D eigenvalue weighted by Gasteiger charge is -2.28. The number of fused-ring (bicyclic) bond motifs is 1. The van der Waals surface area contributed by atoms with Crippen LogP contribution in [0.25, 0.3) is 17.2 Å². The molecule has 0 atom stereocenters. The number of hydrogen-bond donors (Lipinski definition) is 0. The molecule has 5 aromatic rings. The topological polar surface area (TPSA) is 9.23 Å². The van der Waals surface area contributed by atoms with E-state index in [1.54, 1.807) is 0 Å². The van der Waals surface area contributed by atoms with Crippen molar-refractivity contribution >= 4 is 29.3 Å². The van der Waals surface area contributed by atoms with Gasteiger partial charge in [-0.05, 0) is 78.2 Å². The summed E-state index contributed by atoms with van der Waals surface area (Å²) in [4.78, 5) is 0. The molecule has 1 aliphatic heterocycles. The Morgan fingerprint density at radius 1 is 0.605 bits per heavy atom. The molecule has 38 heavy (non-hydrogen) atoms. The van der Waals surface area contributed by atoms with Crippen molar-refractivity contribution < 1.29 is 4.74 Å². The second-order valence-electron chi connectivity index (χ2n) is 9.99. The van der Waals surface area contributed by atoms with Crippen LogP contribution in [0.3, 0.4) is 0 Å². The summed E-state index contributed by atoms with van der Waals surface area (Å²) >= 11 is 0. The molecule has 0 unspecified atom stereocenters. The number of aryl methyl sites for hydroxylation is 1. The maximum Gasteiger partial charge on any atom is 0.126 e. The summed E-state index contributed by atoms with van der Waals surface area (Å²) in [5.74, 6) is 0.971. The van der Waals surface area contributed by atoms with Gasteiger partial charge in [0.25, 0.3) is 0 Å². The molecule has 0 saturated heterocycles. The van der Waals surface area contributed by atoms with Crippen molar-refractivity contribution in [2.45, 2.75) is 13.3 Å². The van der Waals surface area contributed by atoms with Crippen molar-refractivity contribution in [1.82, 2.24) is 0 Å². The molecular weight excluding hydrogens is 479 g/mol. The number of ether oxygens (including phenoxy) is 1. The van der Waals surface area contributed by atoms with Gasteiger partial charge < -0.3 is 4.74 Å². The van der Waals surface area contributed by atoms with Crippen molar-refractivity contribution in [1.29, 1.82) is 0 Å². The first-order valence-corrected chi connectivity index (χ1v) is 15.3. The lowest BCUT2D eigenvalue weighted by molar-refractivity contribution is 0.324. The minimum absolute atomic E-state index is 0.696. The van der Waals surface area contributed by atoms with Gasteiger partial charge in [0.15, 0.2) is 0 Å². The van der Waals surface area contributed by atoms with Gasteiger partial charge in [-0.3, -0.25) is 0 Å². The van der Waals surface area contributed by atoms with E-state index in [1.807, 2.05) is 0 Å². The van der Waals surface area contributed by atoms with Gasteiger partial charge in [0, 0.05) is 12.0 Å². The highest BCUT2D eigenvalue weighted by Gasteiger charge is 2.45. The van der Waals surface area contributed by atoms with Crippen molar-refractivity contribution in [2.24, 2.45) is 0 Å². The van der Waals surface area contributed by atoms with Crippen LogP contribution in [0.15, 0.2) is 139 Å². The largest absolute Gasteiger partial charge is 0.493 e. The van der Waals surface area contributed by atoms with E-state index < -0.39 is 7.26 Å². The van der Waals surface area contributed by atoms with Gasteiger partial charge in [-0.25, -0.2) is 0 Å². The highest BCUT2D eigenvalue weighted by atomic mass is 31.2. The molecule has 0 amide bonds. The van der Waals surface area contributed by atoms with Gasteiger partial charge in [0.05, 0.1) is 12.8 Å². The third-order valence-corrected chi connectivity index (χ3v) is 11.9. The number of rotatable bonds is 6. The third kappa shape index (κ3) is 4.83. The Labute approximate surface area is 226 Å². The molecule has 2 heteroatoms. The molecule has 5 aromatic carbocycles. The van der Waals surface area contributed by atoms with Gasteiger partial charge in [0.1, 0.15) is 28.9 Å². The summed E-state index contributed by atoms with van der Waals surface area (Å²) < 4.78 is 6.28. The summed E-state index contributed by atoms with van der Waals surface area (Å²) in [6.45, 7) is 2.83. The van der Waals surface area contributed by atoms with E-state index in [0.717, 1.165) is 18.3 Å². The van der Waals surface area contributed by atoms with Gasteiger partial charge in [-0.15, -0.1) is 0 Å². The van der Waals surface area contributed by atoms with E-state index in [9.17, 15) is 0 Å². The third-order valence-electron chi connectivity index (χ3n) is 7.47. The molecule has 0 saturated carbocycles. The van der Waals surface area contributed by atoms with Crippen molar-refractivity contribution in [3.05, 3.63) is 150 Å². The van der Waals surface area contributed by atoms with Crippen LogP contribution in [0.4, 0.5) is 0 Å². The molecule has 6 rings (SSSR count). The van der Waals surface area contributed by atoms with Gasteiger partial charge in [-0.2, -0.15) is 0 Å². The Bertz CT molecular complexity index is 1440. The predicted molar refractivity (Wildman–Crippen MR) is 165 cm³/mol. The van der Waals surface area contributed by atoms with E-state index in [2.05, 4.69) is 146 Å². The average molecular weight is 512 g/mol. The minimum Gasteiger partial charge on any atom is -0.493 e. The van der Waals surface area contributed by atoms with Crippen LogP contribution >= 0.6 is 7.26 Å². The summed E-state index contributed by atoms with van der Waals surface area (Å²) in [7, 11) is -1.95. The summed E-state index contributed by atoms with van der Waals surface area (Å²) in [5, 5.41) is 4.24. The molecule has 0 N–H and O–H groups in total. The molecule has 1 nitrogen and oxygen atoms in total. The van der Waals surface area contributed by atoms with Crippen LogP contribution in [0.5, 0.6) is 5.75 Å². The first kappa shape index (κ1) is 24.4. The molecule has 0 spiro atoms. The SMILES string of the molecule is Cc1ccc(-c2ccc3c(c2)C=C(C[P+](c2ccccc2)(c2ccccc2)c2ccccc2)CCO3)cc1. The standard InChI is InChI=1S/C36H32OP/c1-28-17-19-30(20-18-28)31-21-22-36-32(26-31)25-29(23-24-37-36)27-38(33-11-5-2-6-12-33,34-13-7-3-8-14-34)35-15-9-4-10-16-35/h2-22,25-26H,23-24,27H2,1H3/q+1. The van der Waals surface area contributed by atoms with Crippen LogP contribution in [-0.2, 0) is 0 Å². The van der Waals surface area contributed by atoms with Crippen molar-refractivity contribution in [3.63, 3.8) is 0 Å². The van der Waals surface area contributed by atoms with Crippen molar-refractivity contribution in [2.75, 3.05) is 12.8 Å². The Hall–Kier alpha value is -3.93. The van der Waals surface area contributed by atoms with Gasteiger partial charge >= 0.3 is 0 Å². The number of hydrogen-bond acceptors (Lipinski definition) is 1. The van der Waals surface area contributed by atoms with E-state index >= 15 is 0 Å². The Morgan fingerprint density at radius 2 is 1.13 bits per heavy atom. The smallest absolute Gasteiger partial charge is 0.126 e. The molecule has 186 valence electrons. The maximum atomic E-state index is 6.28. The van der Waals surface area contributed by atoms with E-state index in [-0.39, 0.29) is 0 Å². The normalized spacial score (nSPS) is 13.1. The second-order valence-corrected chi connectivity index (χ2v) is 13.5. The maximum absolute atomic E-state index is 6.28. The van der Waals surface area contributed by atoms with Crippen LogP contribution in [0.2, 0.25) is 0 Å². The van der Waals surface area contributed by atoms with Crippen LogP contribution < -0.4 is 20.7 Å². The first-order chi connectivity index (χ1) is 18.7. The fraction of sp³-hybridized carbons (Fsp3) is 0.111. The molecule has 0 radical (unpaired) electrons. The molecule has 0 aliphatic carbocycles. The molecule has 1 aliphatic rings. The fourth-order valence-electron chi connectivity index (χ4n) is 5.50. The molecule has 0 fully saturated rings. The zero-order chi connectivity index (χ0) is 25.8. The van der Waals surface area contributed by atoms with Crippen LogP contribution in [-0.4, -0.2) is 12.8 Å². The van der Waals surface area contributed by atoms with Gasteiger partial charge in [0.2, 0.25) is 0 Å². The highest BCUT2D eigenvalue weighted by Crippen LogP contribution is 2.57. The summed E-state index contributed by atoms with van der Waals surface area (Å²) in [5.41, 5.74) is 6.34. The lowest BCUT2D eigenvalue weighted by Crippen LogP contribution is -2.34. The molecule has 0 bridgehead atoms. The summed E-state index contributed by atoms with van der Waals surface area (Å²) in [6.07, 6.45) is 4.31. The zero-order valence-corrected chi connectivity index (χ0v) is 22.7. The van der Waals surface area contributed by atoms with Crippen molar-refractivity contribution in [3.8, 4) is 16.9 Å². The monoisotopic (exact) mass is 511 g/mol. The Kier molecular flexibility index (Phi) is 6.95. The molecule has 0 aromatic heterocycles. The summed E-state index contributed by atoms with van der Waals surface area (Å²) in [6, 6.07) is 48.8. The van der Waals surface area contributed by atoms with Gasteiger partial charge in [-0.1, -0.05) is 90.5 Å². The first-order valence-electron chi connectivity index (χ1n) is 13.3. The van der Waals surface area contributed by atoms with Crippen LogP contribution in [0, 0.1) is 6.92 Å². The highest BCUT2D eigenvalue weighted by molar-refractivity contribution is 7.95. The average Bonchev–Trinajstić information content (AvgIpc) is 3.19. The molecule has 1 heterocycles. The predicted octanol–water partition coefficient (Wildman–Crippen LogP) is 7.82.